The predicted molar refractivity (Wildman–Crippen MR) is 154 cm³/mol. The van der Waals surface area contributed by atoms with Crippen molar-refractivity contribution < 1.29 is 49.3 Å². The summed E-state index contributed by atoms with van der Waals surface area (Å²) in [5, 5.41) is 47.2. The van der Waals surface area contributed by atoms with Gasteiger partial charge in [-0.15, -0.1) is 0 Å². The third kappa shape index (κ3) is 28.4. The number of allylic oxidation sites excluding steroid dienone is 2. The highest BCUT2D eigenvalue weighted by Crippen LogP contribution is 2.10. The number of rotatable bonds is 30. The maximum atomic E-state index is 11.9. The van der Waals surface area contributed by atoms with Crippen LogP contribution in [0, 0.1) is 0 Å². The molecule has 0 aliphatic carbocycles. The SMILES string of the molecule is CCCCCCCC/C=C/CCCCCCCC(=O)OCC(O)COCC(O)COCC(O)COCC(O)CO. The van der Waals surface area contributed by atoms with Gasteiger partial charge in [0.1, 0.15) is 31.0 Å². The molecule has 0 bridgehead atoms. The molecule has 0 saturated heterocycles. The van der Waals surface area contributed by atoms with E-state index in [1.54, 1.807) is 0 Å². The normalized spacial score (nSPS) is 14.8. The Kier molecular flexibility index (Phi) is 28.6. The van der Waals surface area contributed by atoms with Gasteiger partial charge in [0.2, 0.25) is 0 Å². The number of carbonyl (C=O) groups excluding carboxylic acids is 1. The fourth-order valence-corrected chi connectivity index (χ4v) is 3.82. The van der Waals surface area contributed by atoms with Gasteiger partial charge in [-0.2, -0.15) is 0 Å². The summed E-state index contributed by atoms with van der Waals surface area (Å²) in [6.45, 7) is 1.14. The molecule has 0 aromatic rings. The highest BCUT2D eigenvalue weighted by atomic mass is 16.6. The third-order valence-corrected chi connectivity index (χ3v) is 6.15. The molecule has 0 radical (unpaired) electrons. The highest BCUT2D eigenvalue weighted by Gasteiger charge is 2.13. The van der Waals surface area contributed by atoms with E-state index in [4.69, 9.17) is 29.2 Å². The monoisotopic (exact) mass is 578 g/mol. The van der Waals surface area contributed by atoms with Gasteiger partial charge in [-0.05, 0) is 32.1 Å². The van der Waals surface area contributed by atoms with Crippen LogP contribution in [0.15, 0.2) is 12.2 Å². The molecule has 238 valence electrons. The Morgan fingerprint density at radius 2 is 0.975 bits per heavy atom. The highest BCUT2D eigenvalue weighted by molar-refractivity contribution is 5.69. The van der Waals surface area contributed by atoms with Crippen LogP contribution in [0.25, 0.3) is 0 Å². The Morgan fingerprint density at radius 1 is 0.575 bits per heavy atom. The van der Waals surface area contributed by atoms with Gasteiger partial charge in [0.05, 0.1) is 46.2 Å². The molecular formula is C30H58O10. The zero-order chi connectivity index (χ0) is 29.7. The van der Waals surface area contributed by atoms with Crippen LogP contribution in [0.5, 0.6) is 0 Å². The number of ether oxygens (including phenoxy) is 4. The molecule has 10 nitrogen and oxygen atoms in total. The van der Waals surface area contributed by atoms with Gasteiger partial charge in [0, 0.05) is 6.42 Å². The molecule has 0 aromatic heterocycles. The summed E-state index contributed by atoms with van der Waals surface area (Å²) in [6.07, 6.45) is 16.6. The van der Waals surface area contributed by atoms with Crippen molar-refractivity contribution in [3.8, 4) is 0 Å². The lowest BCUT2D eigenvalue weighted by molar-refractivity contribution is -0.148. The molecule has 4 unspecified atom stereocenters. The Morgan fingerprint density at radius 3 is 1.45 bits per heavy atom. The van der Waals surface area contributed by atoms with E-state index in [0.717, 1.165) is 32.1 Å². The fraction of sp³-hybridized carbons (Fsp3) is 0.900. The minimum absolute atomic E-state index is 0.0776. The number of esters is 1. The Labute approximate surface area is 241 Å². The van der Waals surface area contributed by atoms with Crippen molar-refractivity contribution in [3.63, 3.8) is 0 Å². The van der Waals surface area contributed by atoms with Crippen LogP contribution in [0.4, 0.5) is 0 Å². The van der Waals surface area contributed by atoms with Crippen LogP contribution in [-0.2, 0) is 23.7 Å². The summed E-state index contributed by atoms with van der Waals surface area (Å²) in [5.41, 5.74) is 0. The molecule has 40 heavy (non-hydrogen) atoms. The number of unbranched alkanes of at least 4 members (excludes halogenated alkanes) is 11. The number of carbonyl (C=O) groups is 1. The van der Waals surface area contributed by atoms with Gasteiger partial charge < -0.3 is 44.5 Å². The van der Waals surface area contributed by atoms with Gasteiger partial charge in [0.15, 0.2) is 0 Å². The minimum atomic E-state index is -0.997. The first-order valence-electron chi connectivity index (χ1n) is 15.3. The van der Waals surface area contributed by atoms with Crippen LogP contribution in [0.1, 0.15) is 96.8 Å². The average Bonchev–Trinajstić information content (AvgIpc) is 2.93. The summed E-state index contributed by atoms with van der Waals surface area (Å²) in [7, 11) is 0. The number of aliphatic hydroxyl groups excluding tert-OH is 5. The Hall–Kier alpha value is -1.11. The van der Waals surface area contributed by atoms with Crippen molar-refractivity contribution in [1.29, 1.82) is 0 Å². The smallest absolute Gasteiger partial charge is 0.305 e. The van der Waals surface area contributed by atoms with Crippen LogP contribution in [0.3, 0.4) is 0 Å². The van der Waals surface area contributed by atoms with Crippen LogP contribution >= 0.6 is 0 Å². The first-order valence-corrected chi connectivity index (χ1v) is 15.3. The average molecular weight is 579 g/mol. The lowest BCUT2D eigenvalue weighted by Gasteiger charge is -2.16. The zero-order valence-corrected chi connectivity index (χ0v) is 24.8. The maximum absolute atomic E-state index is 11.9. The molecule has 0 aliphatic rings. The van der Waals surface area contributed by atoms with Gasteiger partial charge in [0.25, 0.3) is 0 Å². The molecule has 0 spiro atoms. The predicted octanol–water partition coefficient (Wildman–Crippen LogP) is 3.05. The van der Waals surface area contributed by atoms with Crippen LogP contribution in [0.2, 0.25) is 0 Å². The van der Waals surface area contributed by atoms with Crippen molar-refractivity contribution >= 4 is 5.97 Å². The molecule has 4 atom stereocenters. The van der Waals surface area contributed by atoms with E-state index in [1.807, 2.05) is 0 Å². The van der Waals surface area contributed by atoms with Gasteiger partial charge >= 0.3 is 5.97 Å². The van der Waals surface area contributed by atoms with Crippen molar-refractivity contribution in [3.05, 3.63) is 12.2 Å². The lowest BCUT2D eigenvalue weighted by atomic mass is 10.1. The molecule has 0 aromatic carbocycles. The molecule has 0 fully saturated rings. The molecular weight excluding hydrogens is 520 g/mol. The quantitative estimate of drug-likeness (QED) is 0.0488. The molecule has 0 heterocycles. The van der Waals surface area contributed by atoms with Gasteiger partial charge in [-0.1, -0.05) is 70.4 Å². The topological polar surface area (TPSA) is 155 Å². The van der Waals surface area contributed by atoms with Crippen molar-refractivity contribution in [2.45, 2.75) is 121 Å². The maximum Gasteiger partial charge on any atom is 0.305 e. The van der Waals surface area contributed by atoms with Crippen LogP contribution in [-0.4, -0.2) is 109 Å². The number of hydrogen-bond acceptors (Lipinski definition) is 10. The fourth-order valence-electron chi connectivity index (χ4n) is 3.82. The minimum Gasteiger partial charge on any atom is -0.463 e. The molecule has 0 aliphatic heterocycles. The second-order valence-corrected chi connectivity index (χ2v) is 10.4. The van der Waals surface area contributed by atoms with Crippen molar-refractivity contribution in [1.82, 2.24) is 0 Å². The first-order chi connectivity index (χ1) is 19.4. The van der Waals surface area contributed by atoms with E-state index in [-0.39, 0.29) is 52.2 Å². The zero-order valence-electron chi connectivity index (χ0n) is 24.8. The second kappa shape index (κ2) is 29.4. The van der Waals surface area contributed by atoms with Gasteiger partial charge in [-0.25, -0.2) is 0 Å². The second-order valence-electron chi connectivity index (χ2n) is 10.4. The molecule has 0 rings (SSSR count). The summed E-state index contributed by atoms with van der Waals surface area (Å²) in [6, 6.07) is 0. The van der Waals surface area contributed by atoms with Crippen molar-refractivity contribution in [2.75, 3.05) is 52.9 Å². The number of aliphatic hydroxyl groups is 5. The van der Waals surface area contributed by atoms with E-state index in [9.17, 15) is 20.1 Å². The van der Waals surface area contributed by atoms with E-state index in [1.165, 1.54) is 51.4 Å². The number of hydrogen-bond donors (Lipinski definition) is 5. The summed E-state index contributed by atoms with van der Waals surface area (Å²) in [4.78, 5) is 11.9. The van der Waals surface area contributed by atoms with E-state index in [0.29, 0.717) is 6.42 Å². The van der Waals surface area contributed by atoms with Gasteiger partial charge in [-0.3, -0.25) is 4.79 Å². The lowest BCUT2D eigenvalue weighted by Crippen LogP contribution is -2.30. The first kappa shape index (κ1) is 38.9. The van der Waals surface area contributed by atoms with E-state index in [2.05, 4.69) is 19.1 Å². The Balaban J connectivity index is 3.52. The van der Waals surface area contributed by atoms with E-state index < -0.39 is 31.0 Å². The molecule has 0 amide bonds. The molecule has 5 N–H and O–H groups in total. The summed E-state index contributed by atoms with van der Waals surface area (Å²) < 4.78 is 20.5. The standard InChI is InChI=1S/C30H58O10/c1-2-3-4-5-6-7-8-9-10-11-12-13-14-15-16-17-30(36)40-25-29(35)24-39-23-28(34)22-38-21-27(33)20-37-19-26(32)18-31/h9-10,26-29,31-35H,2-8,11-25H2,1H3/b10-9+. The summed E-state index contributed by atoms with van der Waals surface area (Å²) in [5.74, 6) is -0.335. The molecule has 0 saturated carbocycles. The largest absolute Gasteiger partial charge is 0.463 e. The Bertz CT molecular complexity index is 575. The van der Waals surface area contributed by atoms with E-state index >= 15 is 0 Å². The molecule has 10 heteroatoms. The third-order valence-electron chi connectivity index (χ3n) is 6.15. The van der Waals surface area contributed by atoms with Crippen LogP contribution < -0.4 is 0 Å². The van der Waals surface area contributed by atoms with Crippen molar-refractivity contribution in [2.24, 2.45) is 0 Å². The summed E-state index contributed by atoms with van der Waals surface area (Å²) >= 11 is 0.